The van der Waals surface area contributed by atoms with Gasteiger partial charge in [0.25, 0.3) is 0 Å². The van der Waals surface area contributed by atoms with Gasteiger partial charge < -0.3 is 4.42 Å². The smallest absolute Gasteiger partial charge is 0.195 e. The Balaban J connectivity index is 1.45. The molecule has 9 aromatic rings. The molecule has 0 unspecified atom stereocenters. The number of rotatable bonds is 1. The fourth-order valence-electron chi connectivity index (χ4n) is 5.77. The Morgan fingerprint density at radius 1 is 0.528 bits per heavy atom. The highest BCUT2D eigenvalue weighted by Crippen LogP contribution is 2.44. The maximum absolute atomic E-state index is 6.23. The lowest BCUT2D eigenvalue weighted by Crippen LogP contribution is -1.92. The SMILES string of the molecule is c1ccc2c(c1)oc1ccc3c(c4ccccc4n3-c3nc4c(ccc5sc6ccccc6c54)s3)c12. The average molecular weight is 497 g/mol. The summed E-state index contributed by atoms with van der Waals surface area (Å²) in [6, 6.07) is 34.4. The quantitative estimate of drug-likeness (QED) is 0.226. The van der Waals surface area contributed by atoms with Gasteiger partial charge in [0.1, 0.15) is 11.2 Å². The number of nitrogens with zero attached hydrogens (tertiary/aromatic N) is 2. The minimum atomic E-state index is 0.919. The summed E-state index contributed by atoms with van der Waals surface area (Å²) in [5.41, 5.74) is 5.24. The number of para-hydroxylation sites is 2. The van der Waals surface area contributed by atoms with Crippen LogP contribution in [0.4, 0.5) is 0 Å². The molecule has 0 aliphatic rings. The summed E-state index contributed by atoms with van der Waals surface area (Å²) in [7, 11) is 0. The Morgan fingerprint density at radius 3 is 2.25 bits per heavy atom. The van der Waals surface area contributed by atoms with Crippen LogP contribution in [0, 0.1) is 0 Å². The second-order valence-electron chi connectivity index (χ2n) is 9.16. The number of fused-ring (bicyclic) bond motifs is 12. The number of benzene rings is 5. The molecule has 0 saturated carbocycles. The third-order valence-electron chi connectivity index (χ3n) is 7.26. The second-order valence-corrected chi connectivity index (χ2v) is 11.3. The monoisotopic (exact) mass is 496 g/mol. The molecule has 4 aromatic heterocycles. The van der Waals surface area contributed by atoms with Crippen LogP contribution in [0.25, 0.3) is 79.3 Å². The van der Waals surface area contributed by atoms with Gasteiger partial charge in [0.2, 0.25) is 0 Å². The zero-order valence-corrected chi connectivity index (χ0v) is 20.5. The Labute approximate surface area is 212 Å². The van der Waals surface area contributed by atoms with Gasteiger partial charge in [0.15, 0.2) is 5.13 Å². The second kappa shape index (κ2) is 6.72. The van der Waals surface area contributed by atoms with E-state index < -0.39 is 0 Å². The van der Waals surface area contributed by atoms with Crippen molar-refractivity contribution in [3.05, 3.63) is 97.1 Å². The molecule has 0 aliphatic heterocycles. The van der Waals surface area contributed by atoms with Crippen molar-refractivity contribution in [1.82, 2.24) is 9.55 Å². The summed E-state index contributed by atoms with van der Waals surface area (Å²) in [5.74, 6) is 0. The van der Waals surface area contributed by atoms with E-state index in [1.54, 1.807) is 11.3 Å². The lowest BCUT2D eigenvalue weighted by Gasteiger charge is -2.02. The summed E-state index contributed by atoms with van der Waals surface area (Å²) in [6.45, 7) is 0. The van der Waals surface area contributed by atoms with Crippen molar-refractivity contribution in [1.29, 1.82) is 0 Å². The topological polar surface area (TPSA) is 31.0 Å². The standard InChI is InChI=1S/C31H16N2OS2/c1-4-10-20-17(7-1)27-21(13-14-23-28(27)18-8-2-5-11-22(18)34-23)33(20)31-32-30-26(36-31)16-15-25-29(30)19-9-3-6-12-24(19)35-25/h1-16H. The maximum Gasteiger partial charge on any atom is 0.195 e. The lowest BCUT2D eigenvalue weighted by atomic mass is 10.1. The van der Waals surface area contributed by atoms with Crippen molar-refractivity contribution in [3.8, 4) is 5.13 Å². The third kappa shape index (κ3) is 2.34. The molecule has 0 radical (unpaired) electrons. The summed E-state index contributed by atoms with van der Waals surface area (Å²) in [5, 5.41) is 8.30. The number of hydrogen-bond donors (Lipinski definition) is 0. The van der Waals surface area contributed by atoms with Crippen LogP contribution in [-0.2, 0) is 0 Å². The van der Waals surface area contributed by atoms with Gasteiger partial charge in [-0.05, 0) is 42.5 Å². The van der Waals surface area contributed by atoms with Gasteiger partial charge in [-0.25, -0.2) is 4.98 Å². The first-order valence-electron chi connectivity index (χ1n) is 11.9. The molecule has 0 fully saturated rings. The van der Waals surface area contributed by atoms with Crippen molar-refractivity contribution in [3.63, 3.8) is 0 Å². The molecular formula is C31H16N2OS2. The Morgan fingerprint density at radius 2 is 1.31 bits per heavy atom. The molecular weight excluding hydrogens is 480 g/mol. The van der Waals surface area contributed by atoms with Crippen LogP contribution >= 0.6 is 22.7 Å². The molecule has 168 valence electrons. The molecule has 0 saturated heterocycles. The highest BCUT2D eigenvalue weighted by Gasteiger charge is 2.21. The van der Waals surface area contributed by atoms with Crippen LogP contribution in [0.5, 0.6) is 0 Å². The fourth-order valence-corrected chi connectivity index (χ4v) is 7.88. The van der Waals surface area contributed by atoms with Crippen molar-refractivity contribution < 1.29 is 4.42 Å². The van der Waals surface area contributed by atoms with Crippen LogP contribution in [0.15, 0.2) is 101 Å². The highest BCUT2D eigenvalue weighted by molar-refractivity contribution is 7.26. The molecule has 0 aliphatic carbocycles. The molecule has 0 spiro atoms. The van der Waals surface area contributed by atoms with Gasteiger partial charge in [-0.1, -0.05) is 65.9 Å². The van der Waals surface area contributed by atoms with E-state index in [4.69, 9.17) is 9.40 Å². The predicted octanol–water partition coefficient (Wildman–Crippen LogP) is 9.66. The van der Waals surface area contributed by atoms with Crippen LogP contribution in [0.2, 0.25) is 0 Å². The number of thiazole rings is 1. The van der Waals surface area contributed by atoms with Crippen LogP contribution in [0.1, 0.15) is 0 Å². The normalized spacial score (nSPS) is 12.4. The first-order chi connectivity index (χ1) is 17.8. The van der Waals surface area contributed by atoms with Gasteiger partial charge in [-0.15, -0.1) is 11.3 Å². The van der Waals surface area contributed by atoms with Gasteiger partial charge in [0.05, 0.1) is 21.3 Å². The van der Waals surface area contributed by atoms with Crippen molar-refractivity contribution >= 4 is 96.8 Å². The van der Waals surface area contributed by atoms with E-state index in [2.05, 4.69) is 89.5 Å². The Bertz CT molecular complexity index is 2330. The molecule has 0 bridgehead atoms. The summed E-state index contributed by atoms with van der Waals surface area (Å²) >= 11 is 3.59. The average Bonchev–Trinajstić information content (AvgIpc) is 3.66. The van der Waals surface area contributed by atoms with Gasteiger partial charge in [-0.2, -0.15) is 0 Å². The largest absolute Gasteiger partial charge is 0.456 e. The number of aromatic nitrogens is 2. The maximum atomic E-state index is 6.23. The zero-order chi connectivity index (χ0) is 23.4. The van der Waals surface area contributed by atoms with E-state index in [1.165, 1.54) is 41.0 Å². The Hall–Kier alpha value is -4.19. The van der Waals surface area contributed by atoms with E-state index in [9.17, 15) is 0 Å². The van der Waals surface area contributed by atoms with Crippen LogP contribution in [0.3, 0.4) is 0 Å². The number of hydrogen-bond acceptors (Lipinski definition) is 4. The van der Waals surface area contributed by atoms with Gasteiger partial charge >= 0.3 is 0 Å². The van der Waals surface area contributed by atoms with E-state index in [-0.39, 0.29) is 0 Å². The molecule has 3 nitrogen and oxygen atoms in total. The predicted molar refractivity (Wildman–Crippen MR) is 154 cm³/mol. The summed E-state index contributed by atoms with van der Waals surface area (Å²) in [6.07, 6.45) is 0. The number of furan rings is 1. The van der Waals surface area contributed by atoms with E-state index in [1.807, 2.05) is 23.5 Å². The van der Waals surface area contributed by atoms with Crippen molar-refractivity contribution in [2.24, 2.45) is 0 Å². The van der Waals surface area contributed by atoms with Gasteiger partial charge in [-0.3, -0.25) is 4.57 Å². The van der Waals surface area contributed by atoms with Crippen molar-refractivity contribution in [2.45, 2.75) is 0 Å². The lowest BCUT2D eigenvalue weighted by molar-refractivity contribution is 0.669. The third-order valence-corrected chi connectivity index (χ3v) is 9.40. The van der Waals surface area contributed by atoms with E-state index >= 15 is 0 Å². The van der Waals surface area contributed by atoms with Gasteiger partial charge in [0, 0.05) is 41.7 Å². The molecule has 5 heteroatoms. The molecule has 0 amide bonds. The molecule has 0 N–H and O–H groups in total. The summed E-state index contributed by atoms with van der Waals surface area (Å²) in [4.78, 5) is 5.30. The molecule has 0 atom stereocenters. The Kier molecular flexibility index (Phi) is 3.56. The zero-order valence-electron chi connectivity index (χ0n) is 18.9. The van der Waals surface area contributed by atoms with Crippen LogP contribution in [-0.4, -0.2) is 9.55 Å². The fraction of sp³-hybridized carbons (Fsp3) is 0. The first kappa shape index (κ1) is 19.1. The molecule has 4 heterocycles. The molecule has 5 aromatic carbocycles. The first-order valence-corrected chi connectivity index (χ1v) is 13.5. The van der Waals surface area contributed by atoms with E-state index in [0.717, 1.165) is 38.2 Å². The molecule has 9 rings (SSSR count). The van der Waals surface area contributed by atoms with Crippen molar-refractivity contribution in [2.75, 3.05) is 0 Å². The number of thiophene rings is 1. The van der Waals surface area contributed by atoms with Crippen LogP contribution < -0.4 is 0 Å². The molecule has 36 heavy (non-hydrogen) atoms. The highest BCUT2D eigenvalue weighted by atomic mass is 32.1. The summed E-state index contributed by atoms with van der Waals surface area (Å²) < 4.78 is 12.4. The minimum Gasteiger partial charge on any atom is -0.456 e. The minimum absolute atomic E-state index is 0.919. The van der Waals surface area contributed by atoms with E-state index in [0.29, 0.717) is 0 Å².